The lowest BCUT2D eigenvalue weighted by Gasteiger charge is -2.36. The normalized spacial score (nSPS) is 13.8. The van der Waals surface area contributed by atoms with Crippen LogP contribution in [0.25, 0.3) is 0 Å². The number of methoxy groups -OCH3 is 3. The highest BCUT2D eigenvalue weighted by atomic mass is 32.2. The Hall–Kier alpha value is -2.81. The van der Waals surface area contributed by atoms with Gasteiger partial charge in [-0.2, -0.15) is 0 Å². The Balaban J connectivity index is 1.58. The molecule has 9 heteroatoms. The summed E-state index contributed by atoms with van der Waals surface area (Å²) in [6.45, 7) is 6.64. The summed E-state index contributed by atoms with van der Waals surface area (Å²) in [5, 5.41) is -0.0295. The van der Waals surface area contributed by atoms with E-state index in [9.17, 15) is 4.79 Å². The van der Waals surface area contributed by atoms with Crippen LogP contribution in [0.1, 0.15) is 11.3 Å². The first kappa shape index (κ1) is 21.9. The highest BCUT2D eigenvalue weighted by molar-refractivity contribution is 8.14. The molecule has 3 rings (SSSR count). The van der Waals surface area contributed by atoms with Crippen LogP contribution >= 0.6 is 11.9 Å². The number of pyridine rings is 1. The van der Waals surface area contributed by atoms with Gasteiger partial charge in [0, 0.05) is 67.7 Å². The van der Waals surface area contributed by atoms with E-state index in [4.69, 9.17) is 14.2 Å². The average molecular weight is 433 g/mol. The van der Waals surface area contributed by atoms with Crippen molar-refractivity contribution in [2.24, 2.45) is 0 Å². The maximum absolute atomic E-state index is 12.7. The van der Waals surface area contributed by atoms with Crippen LogP contribution in [0.15, 0.2) is 24.3 Å². The molecule has 0 aliphatic carbocycles. The highest BCUT2D eigenvalue weighted by Crippen LogP contribution is 2.30. The van der Waals surface area contributed by atoms with Crippen molar-refractivity contribution in [2.75, 3.05) is 57.1 Å². The fraction of sp³-hybridized carbons (Fsp3) is 0.429. The molecular weight excluding hydrogens is 404 g/mol. The van der Waals surface area contributed by atoms with E-state index in [2.05, 4.69) is 14.6 Å². The van der Waals surface area contributed by atoms with Crippen molar-refractivity contribution < 1.29 is 19.0 Å². The Bertz CT molecular complexity index is 879. The summed E-state index contributed by atoms with van der Waals surface area (Å²) in [6, 6.07) is 7.75. The largest absolute Gasteiger partial charge is 0.497 e. The number of carbonyl (C=O) groups excluding carboxylic acids is 1. The molecule has 8 nitrogen and oxygen atoms in total. The summed E-state index contributed by atoms with van der Waals surface area (Å²) in [6.07, 6.45) is 0. The molecule has 0 bridgehead atoms. The molecule has 0 radical (unpaired) electrons. The van der Waals surface area contributed by atoms with Crippen molar-refractivity contribution in [1.82, 2.24) is 9.88 Å². The number of ether oxygens (including phenoxy) is 3. The number of hydrogen-bond donors (Lipinski definition) is 1. The first-order chi connectivity index (χ1) is 14.4. The van der Waals surface area contributed by atoms with E-state index in [1.54, 1.807) is 21.3 Å². The fourth-order valence-corrected chi connectivity index (χ4v) is 3.85. The third kappa shape index (κ3) is 5.02. The summed E-state index contributed by atoms with van der Waals surface area (Å²) in [5.41, 5.74) is 3.66. The molecule has 1 aromatic carbocycles. The Kier molecular flexibility index (Phi) is 7.15. The van der Waals surface area contributed by atoms with Gasteiger partial charge in [0.2, 0.25) is 5.88 Å². The maximum atomic E-state index is 12.7. The number of benzene rings is 1. The molecule has 0 atom stereocenters. The van der Waals surface area contributed by atoms with E-state index >= 15 is 0 Å². The zero-order chi connectivity index (χ0) is 21.7. The molecule has 0 saturated carbocycles. The van der Waals surface area contributed by atoms with Crippen LogP contribution < -0.4 is 23.8 Å². The van der Waals surface area contributed by atoms with E-state index < -0.39 is 0 Å². The van der Waals surface area contributed by atoms with Gasteiger partial charge in [0.05, 0.1) is 21.3 Å². The maximum Gasteiger partial charge on any atom is 0.302 e. The summed E-state index contributed by atoms with van der Waals surface area (Å²) in [7, 11) is 4.85. The van der Waals surface area contributed by atoms with Gasteiger partial charge in [-0.1, -0.05) is 0 Å². The second-order valence-electron chi connectivity index (χ2n) is 6.96. The summed E-state index contributed by atoms with van der Waals surface area (Å²) >= 11 is 1.05. The van der Waals surface area contributed by atoms with Crippen LogP contribution in [-0.2, 0) is 0 Å². The van der Waals surface area contributed by atoms with Crippen molar-refractivity contribution in [1.29, 1.82) is 0 Å². The van der Waals surface area contributed by atoms with Crippen molar-refractivity contribution in [3.8, 4) is 17.4 Å². The van der Waals surface area contributed by atoms with E-state index in [0.29, 0.717) is 24.7 Å². The smallest absolute Gasteiger partial charge is 0.302 e. The Morgan fingerprint density at radius 2 is 1.60 bits per heavy atom. The Morgan fingerprint density at radius 1 is 0.967 bits per heavy atom. The van der Waals surface area contributed by atoms with Crippen LogP contribution in [0.4, 0.5) is 16.2 Å². The molecule has 1 aromatic heterocycles. The quantitative estimate of drug-likeness (QED) is 0.692. The number of anilines is 2. The molecule has 162 valence electrons. The van der Waals surface area contributed by atoms with Gasteiger partial charge in [0.15, 0.2) is 0 Å². The molecule has 2 heterocycles. The van der Waals surface area contributed by atoms with Crippen LogP contribution in [0.3, 0.4) is 0 Å². The van der Waals surface area contributed by atoms with Crippen LogP contribution in [0.2, 0.25) is 0 Å². The van der Waals surface area contributed by atoms with Gasteiger partial charge in [-0.15, -0.1) is 0 Å². The van der Waals surface area contributed by atoms with Crippen molar-refractivity contribution >= 4 is 28.6 Å². The number of rotatable bonds is 6. The van der Waals surface area contributed by atoms with Crippen LogP contribution in [-0.4, -0.2) is 62.6 Å². The molecular formula is C21H28N4O4S. The van der Waals surface area contributed by atoms with Gasteiger partial charge in [-0.3, -0.25) is 4.79 Å². The fourth-order valence-electron chi connectivity index (χ4n) is 3.20. The van der Waals surface area contributed by atoms with Gasteiger partial charge in [0.1, 0.15) is 17.2 Å². The predicted molar refractivity (Wildman–Crippen MR) is 120 cm³/mol. The zero-order valence-corrected chi connectivity index (χ0v) is 18.8. The number of piperazine rings is 1. The Morgan fingerprint density at radius 3 is 2.17 bits per heavy atom. The Labute approximate surface area is 181 Å². The zero-order valence-electron chi connectivity index (χ0n) is 18.0. The first-order valence-corrected chi connectivity index (χ1v) is 10.5. The number of aryl methyl sites for hydroxylation is 2. The number of nitrogens with zero attached hydrogens (tertiary/aromatic N) is 3. The minimum absolute atomic E-state index is 0.0295. The van der Waals surface area contributed by atoms with Crippen molar-refractivity contribution in [3.63, 3.8) is 0 Å². The summed E-state index contributed by atoms with van der Waals surface area (Å²) < 4.78 is 19.1. The SMILES string of the molecule is COc1cc(OC)cc(N2CCN(C(=O)SNc3cc(C)c(C)nc3OC)CC2)c1. The first-order valence-electron chi connectivity index (χ1n) is 9.67. The molecule has 1 N–H and O–H groups in total. The third-order valence-corrected chi connectivity index (χ3v) is 5.87. The molecule has 1 fully saturated rings. The van der Waals surface area contributed by atoms with E-state index in [-0.39, 0.29) is 5.24 Å². The summed E-state index contributed by atoms with van der Waals surface area (Å²) in [4.78, 5) is 21.1. The van der Waals surface area contributed by atoms with Crippen molar-refractivity contribution in [2.45, 2.75) is 13.8 Å². The standard InChI is InChI=1S/C21H28N4O4S/c1-14-10-19(20(29-5)22-15(14)2)23-30-21(26)25-8-6-24(7-9-25)16-11-17(27-3)13-18(12-16)28-4/h10-13,23H,6-9H2,1-5H3. The molecule has 1 saturated heterocycles. The van der Waals surface area contributed by atoms with Gasteiger partial charge < -0.3 is 28.7 Å². The van der Waals surface area contributed by atoms with Crippen LogP contribution in [0, 0.1) is 13.8 Å². The highest BCUT2D eigenvalue weighted by Gasteiger charge is 2.23. The second-order valence-corrected chi connectivity index (χ2v) is 7.72. The van der Waals surface area contributed by atoms with E-state index in [0.717, 1.165) is 53.5 Å². The van der Waals surface area contributed by atoms with Gasteiger partial charge in [-0.25, -0.2) is 4.98 Å². The van der Waals surface area contributed by atoms with E-state index in [1.165, 1.54) is 0 Å². The third-order valence-electron chi connectivity index (χ3n) is 5.11. The molecule has 1 aliphatic heterocycles. The molecule has 1 aliphatic rings. The molecule has 0 unspecified atom stereocenters. The summed E-state index contributed by atoms with van der Waals surface area (Å²) in [5.74, 6) is 1.98. The number of amides is 1. The minimum Gasteiger partial charge on any atom is -0.497 e. The molecule has 2 aromatic rings. The lowest BCUT2D eigenvalue weighted by Crippen LogP contribution is -2.47. The molecule has 1 amide bonds. The topological polar surface area (TPSA) is 76.2 Å². The lowest BCUT2D eigenvalue weighted by atomic mass is 10.2. The average Bonchev–Trinajstić information content (AvgIpc) is 2.78. The van der Waals surface area contributed by atoms with Crippen LogP contribution in [0.5, 0.6) is 17.4 Å². The van der Waals surface area contributed by atoms with E-state index in [1.807, 2.05) is 43.0 Å². The van der Waals surface area contributed by atoms with Gasteiger partial charge >= 0.3 is 5.24 Å². The molecule has 30 heavy (non-hydrogen) atoms. The monoisotopic (exact) mass is 432 g/mol. The number of hydrogen-bond acceptors (Lipinski definition) is 8. The predicted octanol–water partition coefficient (Wildman–Crippen LogP) is 3.73. The number of carbonyl (C=O) groups is 1. The van der Waals surface area contributed by atoms with Gasteiger partial charge in [-0.05, 0) is 25.5 Å². The minimum atomic E-state index is -0.0295. The number of nitrogens with one attached hydrogen (secondary N) is 1. The number of aromatic nitrogens is 1. The molecule has 0 spiro atoms. The lowest BCUT2D eigenvalue weighted by molar-refractivity contribution is 0.219. The van der Waals surface area contributed by atoms with Gasteiger partial charge in [0.25, 0.3) is 0 Å². The van der Waals surface area contributed by atoms with Crippen molar-refractivity contribution in [3.05, 3.63) is 35.5 Å². The second kappa shape index (κ2) is 9.80.